The first-order chi connectivity index (χ1) is 10.6. The number of anilines is 2. The topological polar surface area (TPSA) is 41.6 Å². The summed E-state index contributed by atoms with van der Waals surface area (Å²) in [7, 11) is 0. The Bertz CT molecular complexity index is 508. The van der Waals surface area contributed by atoms with E-state index < -0.39 is 0 Å². The highest BCUT2D eigenvalue weighted by atomic mass is 16.5. The van der Waals surface area contributed by atoms with Crippen molar-refractivity contribution < 1.29 is 9.53 Å². The molecule has 2 fully saturated rings. The summed E-state index contributed by atoms with van der Waals surface area (Å²) in [6.45, 7) is 5.97. The number of hydrogen-bond acceptors (Lipinski definition) is 3. The Morgan fingerprint density at radius 1 is 1.18 bits per heavy atom. The van der Waals surface area contributed by atoms with Gasteiger partial charge in [-0.3, -0.25) is 4.79 Å². The van der Waals surface area contributed by atoms with Crippen LogP contribution in [-0.2, 0) is 9.53 Å². The molecule has 1 aromatic carbocycles. The van der Waals surface area contributed by atoms with E-state index in [9.17, 15) is 4.79 Å². The molecule has 1 saturated heterocycles. The van der Waals surface area contributed by atoms with Crippen molar-refractivity contribution in [1.82, 2.24) is 0 Å². The highest BCUT2D eigenvalue weighted by Crippen LogP contribution is 2.27. The summed E-state index contributed by atoms with van der Waals surface area (Å²) in [5, 5.41) is 3.05. The molecular formula is C18H26N2O2. The van der Waals surface area contributed by atoms with Gasteiger partial charge in [-0.15, -0.1) is 0 Å². The third kappa shape index (κ3) is 3.43. The Balaban J connectivity index is 1.63. The first-order valence-electron chi connectivity index (χ1n) is 8.42. The summed E-state index contributed by atoms with van der Waals surface area (Å²) in [4.78, 5) is 14.5. The zero-order chi connectivity index (χ0) is 15.5. The van der Waals surface area contributed by atoms with Crippen molar-refractivity contribution in [3.63, 3.8) is 0 Å². The first-order valence-corrected chi connectivity index (χ1v) is 8.42. The normalized spacial score (nSPS) is 26.2. The number of morpholine rings is 1. The monoisotopic (exact) mass is 302 g/mol. The molecule has 4 heteroatoms. The minimum Gasteiger partial charge on any atom is -0.375 e. The molecule has 1 amide bonds. The number of carbonyl (C=O) groups excluding carboxylic acids is 1. The van der Waals surface area contributed by atoms with Crippen LogP contribution >= 0.6 is 0 Å². The van der Waals surface area contributed by atoms with Crippen LogP contribution in [-0.4, -0.2) is 31.2 Å². The van der Waals surface area contributed by atoms with Crippen molar-refractivity contribution in [3.8, 4) is 0 Å². The minimum absolute atomic E-state index is 0.179. The molecule has 0 bridgehead atoms. The van der Waals surface area contributed by atoms with E-state index in [1.54, 1.807) is 0 Å². The van der Waals surface area contributed by atoms with Gasteiger partial charge in [-0.25, -0.2) is 0 Å². The Kier molecular flexibility index (Phi) is 4.67. The van der Waals surface area contributed by atoms with E-state index in [0.717, 1.165) is 31.7 Å². The van der Waals surface area contributed by atoms with Gasteiger partial charge in [0.1, 0.15) is 0 Å². The number of benzene rings is 1. The molecular weight excluding hydrogens is 276 g/mol. The number of ether oxygens (including phenoxy) is 1. The SMILES string of the molecule is CC1CN(c2ccc(NC(=O)C3CCCC3)cc2)C(C)CO1. The molecule has 2 unspecified atom stereocenters. The Hall–Kier alpha value is -1.55. The lowest BCUT2D eigenvalue weighted by molar-refractivity contribution is -0.119. The van der Waals surface area contributed by atoms with E-state index in [0.29, 0.717) is 6.04 Å². The van der Waals surface area contributed by atoms with Gasteiger partial charge in [0.15, 0.2) is 0 Å². The molecule has 1 aromatic rings. The molecule has 1 N–H and O–H groups in total. The van der Waals surface area contributed by atoms with E-state index in [-0.39, 0.29) is 17.9 Å². The fourth-order valence-corrected chi connectivity index (χ4v) is 3.43. The van der Waals surface area contributed by atoms with Gasteiger partial charge >= 0.3 is 0 Å². The molecule has 1 heterocycles. The molecule has 1 saturated carbocycles. The van der Waals surface area contributed by atoms with Gasteiger partial charge in [0.25, 0.3) is 0 Å². The third-order valence-electron chi connectivity index (χ3n) is 4.80. The summed E-state index contributed by atoms with van der Waals surface area (Å²) >= 11 is 0. The number of nitrogens with zero attached hydrogens (tertiary/aromatic N) is 1. The van der Waals surface area contributed by atoms with Crippen LogP contribution in [0.2, 0.25) is 0 Å². The fourth-order valence-electron chi connectivity index (χ4n) is 3.43. The predicted octanol–water partition coefficient (Wildman–Crippen LogP) is 3.43. The van der Waals surface area contributed by atoms with E-state index in [4.69, 9.17) is 4.74 Å². The highest BCUT2D eigenvalue weighted by molar-refractivity contribution is 5.92. The van der Waals surface area contributed by atoms with E-state index in [2.05, 4.69) is 36.2 Å². The summed E-state index contributed by atoms with van der Waals surface area (Å²) < 4.78 is 5.68. The van der Waals surface area contributed by atoms with Crippen molar-refractivity contribution in [3.05, 3.63) is 24.3 Å². The Morgan fingerprint density at radius 3 is 2.55 bits per heavy atom. The molecule has 120 valence electrons. The summed E-state index contributed by atoms with van der Waals surface area (Å²) in [6, 6.07) is 8.59. The zero-order valence-electron chi connectivity index (χ0n) is 13.5. The maximum Gasteiger partial charge on any atom is 0.227 e. The van der Waals surface area contributed by atoms with Gasteiger partial charge in [0, 0.05) is 29.9 Å². The lowest BCUT2D eigenvalue weighted by atomic mass is 10.1. The molecule has 0 aromatic heterocycles. The van der Waals surface area contributed by atoms with Crippen LogP contribution in [0.4, 0.5) is 11.4 Å². The molecule has 2 atom stereocenters. The van der Waals surface area contributed by atoms with Crippen LogP contribution in [0.1, 0.15) is 39.5 Å². The minimum atomic E-state index is 0.179. The quantitative estimate of drug-likeness (QED) is 0.930. The predicted molar refractivity (Wildman–Crippen MR) is 89.3 cm³/mol. The van der Waals surface area contributed by atoms with Crippen LogP contribution < -0.4 is 10.2 Å². The summed E-state index contributed by atoms with van der Waals surface area (Å²) in [5.74, 6) is 0.387. The lowest BCUT2D eigenvalue weighted by Crippen LogP contribution is -2.47. The average molecular weight is 302 g/mol. The molecule has 1 aliphatic heterocycles. The van der Waals surface area contributed by atoms with E-state index >= 15 is 0 Å². The van der Waals surface area contributed by atoms with Crippen LogP contribution in [0.5, 0.6) is 0 Å². The van der Waals surface area contributed by atoms with Crippen LogP contribution in [0, 0.1) is 5.92 Å². The van der Waals surface area contributed by atoms with E-state index in [1.807, 2.05) is 12.1 Å². The van der Waals surface area contributed by atoms with Crippen LogP contribution in [0.15, 0.2) is 24.3 Å². The molecule has 4 nitrogen and oxygen atoms in total. The fraction of sp³-hybridized carbons (Fsp3) is 0.611. The van der Waals surface area contributed by atoms with Gasteiger partial charge in [-0.1, -0.05) is 12.8 Å². The van der Waals surface area contributed by atoms with Crippen molar-refractivity contribution in [2.45, 2.75) is 51.7 Å². The molecule has 2 aliphatic rings. The van der Waals surface area contributed by atoms with Crippen molar-refractivity contribution in [2.24, 2.45) is 5.92 Å². The van der Waals surface area contributed by atoms with Gasteiger partial charge in [-0.2, -0.15) is 0 Å². The van der Waals surface area contributed by atoms with Crippen molar-refractivity contribution >= 4 is 17.3 Å². The van der Waals surface area contributed by atoms with Gasteiger partial charge < -0.3 is 15.0 Å². The second-order valence-electron chi connectivity index (χ2n) is 6.66. The number of carbonyl (C=O) groups is 1. The van der Waals surface area contributed by atoms with Crippen molar-refractivity contribution in [2.75, 3.05) is 23.4 Å². The van der Waals surface area contributed by atoms with Crippen molar-refractivity contribution in [1.29, 1.82) is 0 Å². The zero-order valence-corrected chi connectivity index (χ0v) is 13.5. The largest absolute Gasteiger partial charge is 0.375 e. The standard InChI is InChI=1S/C18H26N2O2/c1-13-12-22-14(2)11-20(13)17-9-7-16(8-10-17)19-18(21)15-5-3-4-6-15/h7-10,13-15H,3-6,11-12H2,1-2H3,(H,19,21). The maximum absolute atomic E-state index is 12.2. The second-order valence-corrected chi connectivity index (χ2v) is 6.66. The number of amides is 1. The molecule has 0 spiro atoms. The smallest absolute Gasteiger partial charge is 0.227 e. The first kappa shape index (κ1) is 15.3. The number of rotatable bonds is 3. The average Bonchev–Trinajstić information content (AvgIpc) is 3.05. The van der Waals surface area contributed by atoms with Gasteiger partial charge in [-0.05, 0) is 51.0 Å². The van der Waals surface area contributed by atoms with Gasteiger partial charge in [0.05, 0.1) is 12.7 Å². The molecule has 0 radical (unpaired) electrons. The highest BCUT2D eigenvalue weighted by Gasteiger charge is 2.24. The van der Waals surface area contributed by atoms with Gasteiger partial charge in [0.2, 0.25) is 5.91 Å². The summed E-state index contributed by atoms with van der Waals surface area (Å²) in [5.41, 5.74) is 2.09. The molecule has 22 heavy (non-hydrogen) atoms. The Morgan fingerprint density at radius 2 is 1.86 bits per heavy atom. The number of nitrogens with one attached hydrogen (secondary N) is 1. The summed E-state index contributed by atoms with van der Waals surface area (Å²) in [6.07, 6.45) is 4.70. The molecule has 3 rings (SSSR count). The maximum atomic E-state index is 12.2. The third-order valence-corrected chi connectivity index (χ3v) is 4.80. The van der Waals surface area contributed by atoms with Crippen LogP contribution in [0.25, 0.3) is 0 Å². The number of hydrogen-bond donors (Lipinski definition) is 1. The lowest BCUT2D eigenvalue weighted by Gasteiger charge is -2.38. The molecule has 1 aliphatic carbocycles. The second kappa shape index (κ2) is 6.69. The Labute approximate surface area is 132 Å². The van der Waals surface area contributed by atoms with Crippen LogP contribution in [0.3, 0.4) is 0 Å². The van der Waals surface area contributed by atoms with E-state index in [1.165, 1.54) is 18.5 Å².